The second kappa shape index (κ2) is 9.78. The van der Waals surface area contributed by atoms with E-state index in [1.54, 1.807) is 37.3 Å². The first kappa shape index (κ1) is 26.0. The molecule has 14 heteroatoms. The Kier molecular flexibility index (Phi) is 6.88. The third-order valence-electron chi connectivity index (χ3n) is 5.81. The standard InChI is InChI=1S/C23H25FN6O6S/c1-13-9-10-18(36-13)20-27-28-22(30(20)19-16(34-4)7-6-8-17(19)35-5)29-37(32,33)14(2)23(3,31)21-25-11-15(24)12-26-21/h6-12,14,31H,1-5H3,(H,28,29)/t14-,23?/m0/s1. The van der Waals surface area contributed by atoms with Crippen LogP contribution in [0.2, 0.25) is 0 Å². The van der Waals surface area contributed by atoms with Crippen LogP contribution in [-0.2, 0) is 15.6 Å². The number of para-hydroxylation sites is 1. The Hall–Kier alpha value is -4.04. The van der Waals surface area contributed by atoms with E-state index in [4.69, 9.17) is 13.9 Å². The number of methoxy groups -OCH3 is 2. The number of ether oxygens (including phenoxy) is 2. The van der Waals surface area contributed by atoms with Gasteiger partial charge in [-0.25, -0.2) is 22.8 Å². The number of aromatic nitrogens is 5. The minimum absolute atomic E-state index is 0.162. The maximum atomic E-state index is 13.5. The van der Waals surface area contributed by atoms with Crippen molar-refractivity contribution in [3.8, 4) is 28.8 Å². The zero-order chi connectivity index (χ0) is 27.0. The predicted molar refractivity (Wildman–Crippen MR) is 130 cm³/mol. The van der Waals surface area contributed by atoms with Gasteiger partial charge in [0.15, 0.2) is 17.4 Å². The predicted octanol–water partition coefficient (Wildman–Crippen LogP) is 2.82. The normalized spacial score (nSPS) is 14.1. The van der Waals surface area contributed by atoms with Gasteiger partial charge in [-0.2, -0.15) is 0 Å². The van der Waals surface area contributed by atoms with Gasteiger partial charge in [0.05, 0.1) is 26.6 Å². The molecule has 0 spiro atoms. The first-order valence-corrected chi connectivity index (χ1v) is 12.5. The molecule has 0 amide bonds. The van der Waals surface area contributed by atoms with E-state index in [1.165, 1.54) is 32.6 Å². The molecule has 0 bridgehead atoms. The molecule has 0 saturated carbocycles. The molecule has 0 aliphatic rings. The third-order valence-corrected chi connectivity index (χ3v) is 7.67. The van der Waals surface area contributed by atoms with Crippen molar-refractivity contribution in [1.29, 1.82) is 0 Å². The molecule has 12 nitrogen and oxygen atoms in total. The summed E-state index contributed by atoms with van der Waals surface area (Å²) in [6, 6.07) is 8.40. The molecule has 4 aromatic rings. The van der Waals surface area contributed by atoms with Gasteiger partial charge in [-0.15, -0.1) is 10.2 Å². The molecule has 0 fully saturated rings. The second-order valence-electron chi connectivity index (χ2n) is 8.27. The highest BCUT2D eigenvalue weighted by Gasteiger charge is 2.43. The molecule has 2 N–H and O–H groups in total. The SMILES string of the molecule is COc1cccc(OC)c1-n1c(NS(=O)(=O)[C@@H](C)C(C)(O)c2ncc(F)cn2)nnc1-c1ccc(C)o1. The topological polar surface area (TPSA) is 154 Å². The van der Waals surface area contributed by atoms with Crippen molar-refractivity contribution in [2.75, 3.05) is 18.9 Å². The van der Waals surface area contributed by atoms with Gasteiger partial charge in [0.1, 0.15) is 33.8 Å². The highest BCUT2D eigenvalue weighted by Crippen LogP contribution is 2.38. The lowest BCUT2D eigenvalue weighted by molar-refractivity contribution is 0.0469. The molecule has 0 aliphatic heterocycles. The Morgan fingerprint density at radius 3 is 2.27 bits per heavy atom. The number of furan rings is 1. The second-order valence-corrected chi connectivity index (χ2v) is 10.3. The number of sulfonamides is 1. The summed E-state index contributed by atoms with van der Waals surface area (Å²) in [5.74, 6) is 0.516. The number of hydrogen-bond donors (Lipinski definition) is 2. The third kappa shape index (κ3) is 4.84. The summed E-state index contributed by atoms with van der Waals surface area (Å²) >= 11 is 0. The van der Waals surface area contributed by atoms with Gasteiger partial charge < -0.3 is 19.0 Å². The van der Waals surface area contributed by atoms with Crippen LogP contribution >= 0.6 is 0 Å². The number of halogens is 1. The zero-order valence-electron chi connectivity index (χ0n) is 20.6. The van der Waals surface area contributed by atoms with Crippen molar-refractivity contribution in [1.82, 2.24) is 24.7 Å². The van der Waals surface area contributed by atoms with E-state index in [0.29, 0.717) is 28.7 Å². The van der Waals surface area contributed by atoms with E-state index in [2.05, 4.69) is 24.9 Å². The molecule has 1 unspecified atom stereocenters. The van der Waals surface area contributed by atoms with Crippen LogP contribution in [0.4, 0.5) is 10.3 Å². The van der Waals surface area contributed by atoms with Crippen LogP contribution in [0.3, 0.4) is 0 Å². The first-order chi connectivity index (χ1) is 17.5. The lowest BCUT2D eigenvalue weighted by atomic mass is 10.0. The van der Waals surface area contributed by atoms with Crippen molar-refractivity contribution in [2.45, 2.75) is 31.6 Å². The molecule has 37 heavy (non-hydrogen) atoms. The van der Waals surface area contributed by atoms with Crippen LogP contribution in [-0.4, -0.2) is 57.7 Å². The number of hydrogen-bond acceptors (Lipinski definition) is 10. The van der Waals surface area contributed by atoms with E-state index in [1.807, 2.05) is 0 Å². The van der Waals surface area contributed by atoms with Gasteiger partial charge in [-0.3, -0.25) is 9.29 Å². The quantitative estimate of drug-likeness (QED) is 0.329. The highest BCUT2D eigenvalue weighted by atomic mass is 32.2. The molecule has 4 rings (SSSR count). The fourth-order valence-electron chi connectivity index (χ4n) is 3.60. The number of benzene rings is 1. The van der Waals surface area contributed by atoms with Crippen LogP contribution in [0, 0.1) is 12.7 Å². The Labute approximate surface area is 212 Å². The van der Waals surface area contributed by atoms with Crippen molar-refractivity contribution < 1.29 is 31.8 Å². The summed E-state index contributed by atoms with van der Waals surface area (Å²) in [7, 11) is -1.47. The molecular weight excluding hydrogens is 507 g/mol. The monoisotopic (exact) mass is 532 g/mol. The molecule has 3 aromatic heterocycles. The minimum Gasteiger partial charge on any atom is -0.494 e. The zero-order valence-corrected chi connectivity index (χ0v) is 21.4. The first-order valence-electron chi connectivity index (χ1n) is 10.9. The fraction of sp³-hybridized carbons (Fsp3) is 0.304. The van der Waals surface area contributed by atoms with Crippen LogP contribution in [0.5, 0.6) is 11.5 Å². The summed E-state index contributed by atoms with van der Waals surface area (Å²) in [6.45, 7) is 4.23. The van der Waals surface area contributed by atoms with E-state index >= 15 is 0 Å². The lowest BCUT2D eigenvalue weighted by Gasteiger charge is -2.28. The maximum absolute atomic E-state index is 13.5. The minimum atomic E-state index is -4.37. The summed E-state index contributed by atoms with van der Waals surface area (Å²) in [5.41, 5.74) is -1.78. The largest absolute Gasteiger partial charge is 0.494 e. The molecule has 3 heterocycles. The van der Waals surface area contributed by atoms with E-state index in [0.717, 1.165) is 12.4 Å². The average molecular weight is 533 g/mol. The number of aliphatic hydroxyl groups is 1. The molecule has 0 saturated heterocycles. The summed E-state index contributed by atoms with van der Waals surface area (Å²) in [6.07, 6.45) is 1.68. The van der Waals surface area contributed by atoms with Gasteiger partial charge in [0.25, 0.3) is 0 Å². The summed E-state index contributed by atoms with van der Waals surface area (Å²) in [5, 5.41) is 17.7. The molecule has 0 aliphatic carbocycles. The van der Waals surface area contributed by atoms with Crippen LogP contribution < -0.4 is 14.2 Å². The van der Waals surface area contributed by atoms with Crippen LogP contribution in [0.1, 0.15) is 25.4 Å². The van der Waals surface area contributed by atoms with Gasteiger partial charge in [0.2, 0.25) is 21.8 Å². The Balaban J connectivity index is 1.84. The van der Waals surface area contributed by atoms with Gasteiger partial charge in [0, 0.05) is 0 Å². The number of nitrogens with one attached hydrogen (secondary N) is 1. The van der Waals surface area contributed by atoms with Crippen LogP contribution in [0.15, 0.2) is 47.1 Å². The smallest absolute Gasteiger partial charge is 0.243 e. The van der Waals surface area contributed by atoms with Gasteiger partial charge in [-0.1, -0.05) is 6.07 Å². The molecule has 196 valence electrons. The number of anilines is 1. The van der Waals surface area contributed by atoms with E-state index in [-0.39, 0.29) is 17.6 Å². The Bertz CT molecular complexity index is 1490. The average Bonchev–Trinajstić information content (AvgIpc) is 3.48. The van der Waals surface area contributed by atoms with Crippen LogP contribution in [0.25, 0.3) is 17.3 Å². The molecule has 0 radical (unpaired) electrons. The number of aryl methyl sites for hydroxylation is 1. The number of rotatable bonds is 9. The highest BCUT2D eigenvalue weighted by molar-refractivity contribution is 7.93. The molecule has 2 atom stereocenters. The van der Waals surface area contributed by atoms with Crippen molar-refractivity contribution >= 4 is 16.0 Å². The Morgan fingerprint density at radius 2 is 1.73 bits per heavy atom. The fourth-order valence-corrected chi connectivity index (χ4v) is 4.87. The molecule has 1 aromatic carbocycles. The number of nitrogens with zero attached hydrogens (tertiary/aromatic N) is 5. The summed E-state index contributed by atoms with van der Waals surface area (Å²) in [4.78, 5) is 7.48. The van der Waals surface area contributed by atoms with Crippen molar-refractivity contribution in [2.24, 2.45) is 0 Å². The van der Waals surface area contributed by atoms with E-state index in [9.17, 15) is 17.9 Å². The van der Waals surface area contributed by atoms with Crippen molar-refractivity contribution in [3.63, 3.8) is 0 Å². The van der Waals surface area contributed by atoms with Gasteiger partial charge >= 0.3 is 0 Å². The Morgan fingerprint density at radius 1 is 1.11 bits per heavy atom. The van der Waals surface area contributed by atoms with Gasteiger partial charge in [-0.05, 0) is 45.0 Å². The maximum Gasteiger partial charge on any atom is 0.243 e. The van der Waals surface area contributed by atoms with E-state index < -0.39 is 26.7 Å². The molecular formula is C23H25FN6O6S. The summed E-state index contributed by atoms with van der Waals surface area (Å²) < 4.78 is 60.7. The van der Waals surface area contributed by atoms with Crippen molar-refractivity contribution in [3.05, 3.63) is 60.1 Å². The lowest BCUT2D eigenvalue weighted by Crippen LogP contribution is -2.44.